The summed E-state index contributed by atoms with van der Waals surface area (Å²) in [6.07, 6.45) is 0. The number of ether oxygens (including phenoxy) is 2. The highest BCUT2D eigenvalue weighted by Crippen LogP contribution is 2.26. The Morgan fingerprint density at radius 3 is 1.87 bits per heavy atom. The summed E-state index contributed by atoms with van der Waals surface area (Å²) in [6.45, 7) is 4.87. The van der Waals surface area contributed by atoms with Crippen molar-refractivity contribution in [3.05, 3.63) is 84.4 Å². The van der Waals surface area contributed by atoms with E-state index in [4.69, 9.17) is 9.47 Å². The smallest absolute Gasteiger partial charge is 0.264 e. The molecule has 1 atom stereocenters. The molecule has 0 spiro atoms. The van der Waals surface area contributed by atoms with Gasteiger partial charge in [0.25, 0.3) is 10.0 Å². The molecule has 0 aliphatic rings. The molecule has 3 rings (SSSR count). The van der Waals surface area contributed by atoms with Crippen molar-refractivity contribution < 1.29 is 27.5 Å². The number of amides is 2. The molecule has 3 aromatic rings. The van der Waals surface area contributed by atoms with Crippen LogP contribution in [0.1, 0.15) is 26.3 Å². The second-order valence-corrected chi connectivity index (χ2v) is 11.1. The second-order valence-electron chi connectivity index (χ2n) is 9.23. The Labute approximate surface area is 230 Å². The van der Waals surface area contributed by atoms with Gasteiger partial charge in [0.15, 0.2) is 0 Å². The van der Waals surface area contributed by atoms with Crippen molar-refractivity contribution in [3.63, 3.8) is 0 Å². The van der Waals surface area contributed by atoms with Gasteiger partial charge < -0.3 is 19.7 Å². The Bertz CT molecular complexity index is 1340. The first-order chi connectivity index (χ1) is 18.6. The van der Waals surface area contributed by atoms with Crippen LogP contribution in [0, 0.1) is 0 Å². The van der Waals surface area contributed by atoms with Gasteiger partial charge in [0.1, 0.15) is 24.1 Å². The first kappa shape index (κ1) is 29.5. The third-order valence-corrected chi connectivity index (χ3v) is 7.87. The molecule has 10 heteroatoms. The molecule has 0 unspecified atom stereocenters. The molecule has 0 aliphatic heterocycles. The normalized spacial score (nSPS) is 11.9. The number of carbonyl (C=O) groups is 2. The minimum Gasteiger partial charge on any atom is -0.497 e. The number of anilines is 1. The molecule has 0 heterocycles. The monoisotopic (exact) mass is 553 g/mol. The van der Waals surface area contributed by atoms with Crippen molar-refractivity contribution in [1.82, 2.24) is 10.2 Å². The van der Waals surface area contributed by atoms with Gasteiger partial charge in [0.05, 0.1) is 24.8 Å². The van der Waals surface area contributed by atoms with E-state index < -0.39 is 28.5 Å². The zero-order chi connectivity index (χ0) is 28.6. The molecule has 0 aliphatic carbocycles. The Morgan fingerprint density at radius 1 is 0.821 bits per heavy atom. The van der Waals surface area contributed by atoms with Gasteiger partial charge in [-0.1, -0.05) is 30.3 Å². The van der Waals surface area contributed by atoms with Gasteiger partial charge in [0, 0.05) is 12.6 Å². The minimum absolute atomic E-state index is 0.0425. The fraction of sp³-hybridized carbons (Fsp3) is 0.310. The van der Waals surface area contributed by atoms with E-state index in [1.165, 1.54) is 24.1 Å². The SMILES string of the molecule is COc1ccc(CN(C(=O)CN(c2ccc(OC)cc2)S(=O)(=O)c2ccccc2)[C@@H](C)C(=O)NC(C)C)cc1. The fourth-order valence-corrected chi connectivity index (χ4v) is 5.35. The molecule has 2 amide bonds. The van der Waals surface area contributed by atoms with Crippen LogP contribution in [0.2, 0.25) is 0 Å². The lowest BCUT2D eigenvalue weighted by atomic mass is 10.1. The van der Waals surface area contributed by atoms with Crippen molar-refractivity contribution >= 4 is 27.5 Å². The largest absolute Gasteiger partial charge is 0.497 e. The van der Waals surface area contributed by atoms with Crippen LogP contribution in [-0.4, -0.2) is 58.0 Å². The molecular weight excluding hydrogens is 518 g/mol. The third-order valence-electron chi connectivity index (χ3n) is 6.08. The molecular formula is C29H35N3O6S. The molecule has 0 saturated carbocycles. The van der Waals surface area contributed by atoms with E-state index in [9.17, 15) is 18.0 Å². The minimum atomic E-state index is -4.12. The Balaban J connectivity index is 2.01. The molecule has 0 radical (unpaired) electrons. The van der Waals surface area contributed by atoms with Crippen molar-refractivity contribution in [1.29, 1.82) is 0 Å². The van der Waals surface area contributed by atoms with Crippen LogP contribution in [-0.2, 0) is 26.2 Å². The summed E-state index contributed by atoms with van der Waals surface area (Å²) in [7, 11) is -1.05. The zero-order valence-electron chi connectivity index (χ0n) is 22.8. The molecule has 0 aromatic heterocycles. The van der Waals surface area contributed by atoms with Gasteiger partial charge in [0.2, 0.25) is 11.8 Å². The summed E-state index contributed by atoms with van der Waals surface area (Å²) < 4.78 is 39.0. The van der Waals surface area contributed by atoms with Gasteiger partial charge in [-0.05, 0) is 74.9 Å². The van der Waals surface area contributed by atoms with Crippen LogP contribution in [0.3, 0.4) is 0 Å². The lowest BCUT2D eigenvalue weighted by Crippen LogP contribution is -2.52. The lowest BCUT2D eigenvalue weighted by Gasteiger charge is -2.32. The summed E-state index contributed by atoms with van der Waals surface area (Å²) in [5, 5.41) is 2.84. The molecule has 0 bridgehead atoms. The van der Waals surface area contributed by atoms with E-state index in [1.54, 1.807) is 80.8 Å². The van der Waals surface area contributed by atoms with Crippen LogP contribution in [0.25, 0.3) is 0 Å². The zero-order valence-corrected chi connectivity index (χ0v) is 23.6. The van der Waals surface area contributed by atoms with Crippen LogP contribution < -0.4 is 19.1 Å². The topological polar surface area (TPSA) is 105 Å². The molecule has 9 nitrogen and oxygen atoms in total. The average molecular weight is 554 g/mol. The molecule has 1 N–H and O–H groups in total. The van der Waals surface area contributed by atoms with E-state index in [1.807, 2.05) is 13.8 Å². The van der Waals surface area contributed by atoms with Crippen LogP contribution in [0.5, 0.6) is 11.5 Å². The number of nitrogens with zero attached hydrogens (tertiary/aromatic N) is 2. The quantitative estimate of drug-likeness (QED) is 0.365. The highest BCUT2D eigenvalue weighted by atomic mass is 32.2. The number of methoxy groups -OCH3 is 2. The van der Waals surface area contributed by atoms with E-state index in [0.717, 1.165) is 9.87 Å². The van der Waals surface area contributed by atoms with Crippen LogP contribution >= 0.6 is 0 Å². The first-order valence-corrected chi connectivity index (χ1v) is 14.0. The van der Waals surface area contributed by atoms with Gasteiger partial charge in [-0.25, -0.2) is 8.42 Å². The Morgan fingerprint density at radius 2 is 1.36 bits per heavy atom. The predicted octanol–water partition coefficient (Wildman–Crippen LogP) is 3.84. The number of carbonyl (C=O) groups excluding carboxylic acids is 2. The van der Waals surface area contributed by atoms with E-state index in [0.29, 0.717) is 11.5 Å². The van der Waals surface area contributed by atoms with E-state index >= 15 is 0 Å². The van der Waals surface area contributed by atoms with Gasteiger partial charge in [-0.15, -0.1) is 0 Å². The third kappa shape index (κ3) is 7.51. The highest BCUT2D eigenvalue weighted by Gasteiger charge is 2.32. The summed E-state index contributed by atoms with van der Waals surface area (Å²) >= 11 is 0. The summed E-state index contributed by atoms with van der Waals surface area (Å²) in [5.74, 6) is 0.324. The van der Waals surface area contributed by atoms with Gasteiger partial charge >= 0.3 is 0 Å². The highest BCUT2D eigenvalue weighted by molar-refractivity contribution is 7.92. The van der Waals surface area contributed by atoms with Crippen molar-refractivity contribution in [3.8, 4) is 11.5 Å². The number of hydrogen-bond donors (Lipinski definition) is 1. The molecule has 0 saturated heterocycles. The van der Waals surface area contributed by atoms with E-state index in [2.05, 4.69) is 5.32 Å². The number of hydrogen-bond acceptors (Lipinski definition) is 6. The number of nitrogens with one attached hydrogen (secondary N) is 1. The van der Waals surface area contributed by atoms with Crippen LogP contribution in [0.15, 0.2) is 83.8 Å². The lowest BCUT2D eigenvalue weighted by molar-refractivity contribution is -0.139. The van der Waals surface area contributed by atoms with Crippen LogP contribution in [0.4, 0.5) is 5.69 Å². The standard InChI is InChI=1S/C29H35N3O6S/c1-21(2)30-29(34)22(3)31(19-23-11-15-25(37-4)16-12-23)28(33)20-32(24-13-17-26(38-5)18-14-24)39(35,36)27-9-7-6-8-10-27/h6-18,21-22H,19-20H2,1-5H3,(H,30,34)/t22-/m0/s1. The van der Waals surface area contributed by atoms with Crippen molar-refractivity contribution in [2.45, 2.75) is 44.3 Å². The van der Waals surface area contributed by atoms with Gasteiger partial charge in [-0.3, -0.25) is 13.9 Å². The molecule has 3 aromatic carbocycles. The average Bonchev–Trinajstić information content (AvgIpc) is 2.94. The molecule has 208 valence electrons. The maximum absolute atomic E-state index is 13.9. The number of benzene rings is 3. The summed E-state index contributed by atoms with van der Waals surface area (Å²) in [4.78, 5) is 28.3. The second kappa shape index (κ2) is 13.1. The fourth-order valence-electron chi connectivity index (χ4n) is 3.91. The maximum atomic E-state index is 13.9. The first-order valence-electron chi connectivity index (χ1n) is 12.5. The molecule has 0 fully saturated rings. The summed E-state index contributed by atoms with van der Waals surface area (Å²) in [6, 6.07) is 20.5. The Kier molecular flexibility index (Phi) is 9.95. The molecule has 39 heavy (non-hydrogen) atoms. The maximum Gasteiger partial charge on any atom is 0.264 e. The van der Waals surface area contributed by atoms with Crippen molar-refractivity contribution in [2.75, 3.05) is 25.1 Å². The van der Waals surface area contributed by atoms with Crippen molar-refractivity contribution in [2.24, 2.45) is 0 Å². The Hall–Kier alpha value is -4.05. The predicted molar refractivity (Wildman–Crippen MR) is 150 cm³/mol. The summed E-state index contributed by atoms with van der Waals surface area (Å²) in [5.41, 5.74) is 1.05. The van der Waals surface area contributed by atoms with E-state index in [-0.39, 0.29) is 29.1 Å². The number of sulfonamides is 1. The van der Waals surface area contributed by atoms with Gasteiger partial charge in [-0.2, -0.15) is 0 Å². The number of rotatable bonds is 12.